The summed E-state index contributed by atoms with van der Waals surface area (Å²) in [5, 5.41) is 7.56. The number of alkyl halides is 1. The maximum Gasteiger partial charge on any atom is 0.162 e. The number of halogens is 3. The Bertz CT molecular complexity index is 211. The first-order valence-corrected chi connectivity index (χ1v) is 5.17. The first-order valence-electron chi connectivity index (χ1n) is 2.06. The molecule has 0 N–H and O–H groups in total. The van der Waals surface area contributed by atoms with E-state index in [1.165, 1.54) is 0 Å². The quantitative estimate of drug-likeness (QED) is 0.563. The van der Waals surface area contributed by atoms with Gasteiger partial charge in [-0.15, -0.1) is 5.10 Å². The maximum atomic E-state index is 3.80. The van der Waals surface area contributed by atoms with E-state index in [1.54, 1.807) is 4.68 Å². The average Bonchev–Trinajstić information content (AvgIpc) is 2.15. The van der Waals surface area contributed by atoms with Crippen LogP contribution in [-0.2, 0) is 4.55 Å². The Kier molecular flexibility index (Phi) is 2.90. The standard InChI is InChI=1S/C3H2Br2IN3/c4-2-3(5)9(1-6)8-7-2/h1H2. The second kappa shape index (κ2) is 3.29. The Morgan fingerprint density at radius 3 is 2.44 bits per heavy atom. The Labute approximate surface area is 82.6 Å². The molecule has 1 rings (SSSR count). The monoisotopic (exact) mass is 365 g/mol. The molecule has 0 amide bonds. The Morgan fingerprint density at radius 2 is 2.22 bits per heavy atom. The van der Waals surface area contributed by atoms with E-state index in [0.29, 0.717) is 0 Å². The van der Waals surface area contributed by atoms with E-state index in [0.717, 1.165) is 13.8 Å². The third-order valence-corrected chi connectivity index (χ3v) is 3.25. The van der Waals surface area contributed by atoms with Crippen LogP contribution in [-0.4, -0.2) is 15.0 Å². The molecule has 1 aromatic heterocycles. The molecule has 0 bridgehead atoms. The Morgan fingerprint density at radius 1 is 1.56 bits per heavy atom. The molecule has 0 saturated heterocycles. The van der Waals surface area contributed by atoms with Gasteiger partial charge in [0.2, 0.25) is 0 Å². The molecule has 50 valence electrons. The lowest BCUT2D eigenvalue weighted by molar-refractivity contribution is 0.702. The van der Waals surface area contributed by atoms with E-state index in [-0.39, 0.29) is 0 Å². The van der Waals surface area contributed by atoms with E-state index < -0.39 is 0 Å². The van der Waals surface area contributed by atoms with Crippen LogP contribution in [0.5, 0.6) is 0 Å². The molecule has 0 aliphatic rings. The van der Waals surface area contributed by atoms with E-state index in [9.17, 15) is 0 Å². The second-order valence-corrected chi connectivity index (χ2v) is 3.47. The van der Waals surface area contributed by atoms with Crippen molar-refractivity contribution >= 4 is 54.5 Å². The van der Waals surface area contributed by atoms with Crippen LogP contribution in [0.1, 0.15) is 0 Å². The van der Waals surface area contributed by atoms with Crippen LogP contribution in [0.25, 0.3) is 0 Å². The van der Waals surface area contributed by atoms with E-state index >= 15 is 0 Å². The highest BCUT2D eigenvalue weighted by Crippen LogP contribution is 2.19. The van der Waals surface area contributed by atoms with Crippen molar-refractivity contribution in [3.8, 4) is 0 Å². The highest BCUT2D eigenvalue weighted by molar-refractivity contribution is 14.1. The van der Waals surface area contributed by atoms with Crippen LogP contribution in [0.3, 0.4) is 0 Å². The molecule has 0 aromatic carbocycles. The van der Waals surface area contributed by atoms with Gasteiger partial charge in [0, 0.05) is 0 Å². The smallest absolute Gasteiger partial charge is 0.162 e. The molecular formula is C3H2Br2IN3. The molecule has 1 aromatic rings. The third kappa shape index (κ3) is 1.64. The van der Waals surface area contributed by atoms with Crippen molar-refractivity contribution < 1.29 is 0 Å². The number of aromatic nitrogens is 3. The highest BCUT2D eigenvalue weighted by atomic mass is 127. The minimum atomic E-state index is 0.749. The molecule has 1 heterocycles. The van der Waals surface area contributed by atoms with Gasteiger partial charge in [-0.2, -0.15) is 0 Å². The number of rotatable bonds is 1. The number of nitrogens with zero attached hydrogens (tertiary/aromatic N) is 3. The third-order valence-electron chi connectivity index (χ3n) is 0.751. The lowest BCUT2D eigenvalue weighted by Crippen LogP contribution is -1.93. The summed E-state index contributed by atoms with van der Waals surface area (Å²) in [5.74, 6) is 0. The van der Waals surface area contributed by atoms with Gasteiger partial charge in [0.05, 0.1) is 4.55 Å². The van der Waals surface area contributed by atoms with Gasteiger partial charge in [0.25, 0.3) is 0 Å². The second-order valence-electron chi connectivity index (χ2n) is 1.29. The van der Waals surface area contributed by atoms with Gasteiger partial charge in [-0.25, -0.2) is 4.68 Å². The van der Waals surface area contributed by atoms with Crippen molar-refractivity contribution in [2.45, 2.75) is 4.55 Å². The zero-order valence-corrected chi connectivity index (χ0v) is 9.51. The normalized spacial score (nSPS) is 10.1. The van der Waals surface area contributed by atoms with Gasteiger partial charge < -0.3 is 0 Å². The van der Waals surface area contributed by atoms with E-state index in [4.69, 9.17) is 0 Å². The van der Waals surface area contributed by atoms with Crippen LogP contribution >= 0.6 is 54.5 Å². The van der Waals surface area contributed by atoms with Crippen molar-refractivity contribution in [1.82, 2.24) is 15.0 Å². The van der Waals surface area contributed by atoms with E-state index in [2.05, 4.69) is 64.8 Å². The SMILES string of the molecule is Brc1nnn(CI)c1Br. The topological polar surface area (TPSA) is 30.7 Å². The lowest BCUT2D eigenvalue weighted by atomic mass is 10.9. The minimum Gasteiger partial charge on any atom is -0.227 e. The van der Waals surface area contributed by atoms with Crippen molar-refractivity contribution in [3.63, 3.8) is 0 Å². The molecule has 0 aliphatic heterocycles. The zero-order valence-electron chi connectivity index (χ0n) is 4.18. The minimum absolute atomic E-state index is 0.749. The van der Waals surface area contributed by atoms with E-state index in [1.807, 2.05) is 0 Å². The first kappa shape index (κ1) is 7.93. The lowest BCUT2D eigenvalue weighted by Gasteiger charge is -1.90. The average molecular weight is 367 g/mol. The van der Waals surface area contributed by atoms with Crippen LogP contribution < -0.4 is 0 Å². The summed E-state index contributed by atoms with van der Waals surface area (Å²) in [5.41, 5.74) is 0. The van der Waals surface area contributed by atoms with Crippen molar-refractivity contribution in [3.05, 3.63) is 9.21 Å². The molecule has 9 heavy (non-hydrogen) atoms. The predicted molar refractivity (Wildman–Crippen MR) is 49.4 cm³/mol. The van der Waals surface area contributed by atoms with Gasteiger partial charge in [0.15, 0.2) is 4.60 Å². The largest absolute Gasteiger partial charge is 0.227 e. The van der Waals surface area contributed by atoms with Gasteiger partial charge in [-0.05, 0) is 31.9 Å². The molecule has 0 atom stereocenters. The summed E-state index contributed by atoms with van der Waals surface area (Å²) in [7, 11) is 0. The fourth-order valence-corrected chi connectivity index (χ4v) is 1.85. The van der Waals surface area contributed by atoms with Gasteiger partial charge >= 0.3 is 0 Å². The fourth-order valence-electron chi connectivity index (χ4n) is 0.357. The van der Waals surface area contributed by atoms with Crippen molar-refractivity contribution in [2.24, 2.45) is 0 Å². The van der Waals surface area contributed by atoms with Gasteiger partial charge in [0.1, 0.15) is 4.60 Å². The molecule has 0 radical (unpaired) electrons. The highest BCUT2D eigenvalue weighted by Gasteiger charge is 2.03. The number of hydrogen-bond donors (Lipinski definition) is 0. The van der Waals surface area contributed by atoms with Crippen LogP contribution in [0.4, 0.5) is 0 Å². The molecule has 0 aliphatic carbocycles. The predicted octanol–water partition coefficient (Wildman–Crippen LogP) is 2.20. The molecule has 0 unspecified atom stereocenters. The molecule has 0 fully saturated rings. The first-order chi connectivity index (χ1) is 4.25. The Hall–Kier alpha value is 0.830. The Balaban J connectivity index is 3.04. The van der Waals surface area contributed by atoms with Gasteiger partial charge in [-0.1, -0.05) is 27.8 Å². The fraction of sp³-hybridized carbons (Fsp3) is 0.333. The molecule has 3 nitrogen and oxygen atoms in total. The van der Waals surface area contributed by atoms with Crippen LogP contribution in [0.2, 0.25) is 0 Å². The van der Waals surface area contributed by atoms with Crippen LogP contribution in [0, 0.1) is 0 Å². The van der Waals surface area contributed by atoms with Crippen molar-refractivity contribution in [1.29, 1.82) is 0 Å². The molecular weight excluding hydrogens is 365 g/mol. The molecule has 6 heteroatoms. The maximum absolute atomic E-state index is 3.80. The van der Waals surface area contributed by atoms with Crippen LogP contribution in [0.15, 0.2) is 9.21 Å². The summed E-state index contributed by atoms with van der Waals surface area (Å²) in [6.07, 6.45) is 0. The van der Waals surface area contributed by atoms with Crippen molar-refractivity contribution in [2.75, 3.05) is 0 Å². The molecule has 0 saturated carbocycles. The zero-order chi connectivity index (χ0) is 6.85. The summed E-state index contributed by atoms with van der Waals surface area (Å²) in [4.78, 5) is 0. The summed E-state index contributed by atoms with van der Waals surface area (Å²) in [6.45, 7) is 0. The summed E-state index contributed by atoms with van der Waals surface area (Å²) >= 11 is 8.71. The number of hydrogen-bond acceptors (Lipinski definition) is 2. The molecule has 0 spiro atoms. The summed E-state index contributed by atoms with van der Waals surface area (Å²) < 4.78 is 4.18. The summed E-state index contributed by atoms with van der Waals surface area (Å²) in [6, 6.07) is 0. The van der Waals surface area contributed by atoms with Gasteiger partial charge in [-0.3, -0.25) is 0 Å².